The van der Waals surface area contributed by atoms with Crippen LogP contribution in [0.5, 0.6) is 0 Å². The van der Waals surface area contributed by atoms with Crippen molar-refractivity contribution >= 4 is 17.5 Å². The van der Waals surface area contributed by atoms with Crippen molar-refractivity contribution in [2.24, 2.45) is 17.0 Å². The topological polar surface area (TPSA) is 78.3 Å². The van der Waals surface area contributed by atoms with Crippen LogP contribution in [0.25, 0.3) is 0 Å². The molecule has 2 aliphatic rings. The zero-order valence-electron chi connectivity index (χ0n) is 9.17. The van der Waals surface area contributed by atoms with Crippen molar-refractivity contribution in [3.63, 3.8) is 0 Å². The molecule has 0 saturated heterocycles. The maximum Gasteiger partial charge on any atom is 0.251 e. The quantitative estimate of drug-likeness (QED) is 0.474. The molecule has 0 amide bonds. The summed E-state index contributed by atoms with van der Waals surface area (Å²) in [4.78, 5) is 18.0. The number of aromatic amines is 1. The molecule has 2 bridgehead atoms. The van der Waals surface area contributed by atoms with E-state index < -0.39 is 0 Å². The summed E-state index contributed by atoms with van der Waals surface area (Å²) in [6, 6.07) is 1.39. The van der Waals surface area contributed by atoms with Gasteiger partial charge in [-0.05, 0) is 25.2 Å². The van der Waals surface area contributed by atoms with E-state index >= 15 is 0 Å². The van der Waals surface area contributed by atoms with Gasteiger partial charge in [0.05, 0.1) is 11.0 Å². The van der Waals surface area contributed by atoms with E-state index in [1.807, 2.05) is 0 Å². The molecule has 0 unspecified atom stereocenters. The molecule has 1 heterocycles. The average molecular weight is 251 g/mol. The molecule has 2 fully saturated rings. The van der Waals surface area contributed by atoms with Crippen LogP contribution in [0.1, 0.15) is 19.3 Å². The summed E-state index contributed by atoms with van der Waals surface area (Å²) in [7, 11) is 0. The first-order valence-corrected chi connectivity index (χ1v) is 6.59. The van der Waals surface area contributed by atoms with E-state index in [4.69, 9.17) is 5.21 Å². The van der Waals surface area contributed by atoms with Gasteiger partial charge in [-0.2, -0.15) is 0 Å². The fourth-order valence-electron chi connectivity index (χ4n) is 2.86. The van der Waals surface area contributed by atoms with E-state index in [1.54, 1.807) is 0 Å². The number of fused-ring (bicyclic) bond motifs is 2. The lowest BCUT2D eigenvalue weighted by atomic mass is 9.98. The molecule has 6 heteroatoms. The largest absolute Gasteiger partial charge is 0.411 e. The third kappa shape index (κ3) is 1.86. The van der Waals surface area contributed by atoms with Gasteiger partial charge in [-0.25, -0.2) is 4.98 Å². The normalized spacial score (nSPS) is 33.4. The molecule has 3 rings (SSSR count). The van der Waals surface area contributed by atoms with E-state index in [1.165, 1.54) is 30.4 Å². The van der Waals surface area contributed by atoms with Gasteiger partial charge >= 0.3 is 0 Å². The number of hydrogen-bond acceptors (Lipinski definition) is 5. The molecular formula is C11H13N3O2S. The molecule has 0 radical (unpaired) electrons. The minimum atomic E-state index is -0.145. The number of hydrogen-bond donors (Lipinski definition) is 2. The minimum Gasteiger partial charge on any atom is -0.411 e. The number of thioether (sulfide) groups is 1. The van der Waals surface area contributed by atoms with Crippen molar-refractivity contribution in [2.45, 2.75) is 29.7 Å². The molecular weight excluding hydrogens is 238 g/mol. The molecule has 0 aromatic carbocycles. The van der Waals surface area contributed by atoms with Gasteiger partial charge in [-0.3, -0.25) is 4.79 Å². The van der Waals surface area contributed by atoms with Gasteiger partial charge in [0, 0.05) is 18.2 Å². The number of oxime groups is 1. The lowest BCUT2D eigenvalue weighted by Crippen LogP contribution is -2.25. The van der Waals surface area contributed by atoms with Gasteiger partial charge in [0.15, 0.2) is 5.16 Å². The highest BCUT2D eigenvalue weighted by Crippen LogP contribution is 2.48. The van der Waals surface area contributed by atoms with Gasteiger partial charge in [-0.15, -0.1) is 0 Å². The van der Waals surface area contributed by atoms with Gasteiger partial charge < -0.3 is 10.2 Å². The highest BCUT2D eigenvalue weighted by molar-refractivity contribution is 8.00. The third-order valence-electron chi connectivity index (χ3n) is 3.61. The Hall–Kier alpha value is -1.30. The van der Waals surface area contributed by atoms with Gasteiger partial charge in [0.1, 0.15) is 0 Å². The highest BCUT2D eigenvalue weighted by Gasteiger charge is 2.46. The number of aromatic nitrogens is 2. The monoisotopic (exact) mass is 251 g/mol. The number of rotatable bonds is 2. The summed E-state index contributed by atoms with van der Waals surface area (Å²) < 4.78 is 0. The van der Waals surface area contributed by atoms with Crippen LogP contribution in [-0.4, -0.2) is 26.1 Å². The summed E-state index contributed by atoms with van der Waals surface area (Å²) >= 11 is 1.50. The Morgan fingerprint density at radius 1 is 1.53 bits per heavy atom. The summed E-state index contributed by atoms with van der Waals surface area (Å²) in [6.07, 6.45) is 4.91. The van der Waals surface area contributed by atoms with Crippen LogP contribution < -0.4 is 5.56 Å². The van der Waals surface area contributed by atoms with Crippen molar-refractivity contribution in [1.29, 1.82) is 0 Å². The minimum absolute atomic E-state index is 0.145. The Morgan fingerprint density at radius 2 is 2.41 bits per heavy atom. The van der Waals surface area contributed by atoms with Crippen LogP contribution >= 0.6 is 11.8 Å². The molecule has 2 aliphatic carbocycles. The van der Waals surface area contributed by atoms with Crippen molar-refractivity contribution < 1.29 is 5.21 Å². The second-order valence-electron chi connectivity index (χ2n) is 4.57. The zero-order chi connectivity index (χ0) is 11.8. The molecule has 0 aliphatic heterocycles. The van der Waals surface area contributed by atoms with Crippen LogP contribution in [0.2, 0.25) is 0 Å². The maximum absolute atomic E-state index is 11.2. The zero-order valence-corrected chi connectivity index (χ0v) is 9.98. The molecule has 90 valence electrons. The number of nitrogens with one attached hydrogen (secondary N) is 1. The van der Waals surface area contributed by atoms with Crippen LogP contribution in [-0.2, 0) is 0 Å². The first-order valence-electron chi connectivity index (χ1n) is 5.72. The van der Waals surface area contributed by atoms with Crippen LogP contribution in [0.3, 0.4) is 0 Å². The standard InChI is InChI=1S/C11H13N3O2S/c15-8-3-4-12-11(13-8)17-10-7-2-1-6(5-7)9(10)14-16/h3-4,6-7,10,16H,1-2,5H2,(H,12,13,15)/b14-9-/t6-,7-,10+/m0/s1. The Kier molecular flexibility index (Phi) is 2.66. The van der Waals surface area contributed by atoms with Crippen LogP contribution in [0.15, 0.2) is 27.4 Å². The van der Waals surface area contributed by atoms with E-state index in [9.17, 15) is 4.79 Å². The summed E-state index contributed by atoms with van der Waals surface area (Å²) in [5.74, 6) is 0.986. The molecule has 0 spiro atoms. The molecule has 5 nitrogen and oxygen atoms in total. The first kappa shape index (κ1) is 10.8. The predicted octanol–water partition coefficient (Wildman–Crippen LogP) is 1.49. The third-order valence-corrected chi connectivity index (χ3v) is 4.92. The smallest absolute Gasteiger partial charge is 0.251 e. The SMILES string of the molecule is O=c1ccnc(S[C@H]2/C(=N\O)[C@H]3CC[C@H]2C3)[nH]1. The first-order chi connectivity index (χ1) is 8.28. The Labute approximate surface area is 102 Å². The molecule has 2 N–H and O–H groups in total. The van der Waals surface area contributed by atoms with Gasteiger partial charge in [0.2, 0.25) is 0 Å². The molecule has 2 saturated carbocycles. The maximum atomic E-state index is 11.2. The highest BCUT2D eigenvalue weighted by atomic mass is 32.2. The van der Waals surface area contributed by atoms with Crippen molar-refractivity contribution in [1.82, 2.24) is 9.97 Å². The van der Waals surface area contributed by atoms with E-state index in [0.29, 0.717) is 17.0 Å². The molecule has 3 atom stereocenters. The summed E-state index contributed by atoms with van der Waals surface area (Å²) in [6.45, 7) is 0. The van der Waals surface area contributed by atoms with Gasteiger partial charge in [-0.1, -0.05) is 16.9 Å². The number of nitrogens with zero attached hydrogens (tertiary/aromatic N) is 2. The number of H-pyrrole nitrogens is 1. The van der Waals surface area contributed by atoms with Crippen LogP contribution in [0.4, 0.5) is 0 Å². The molecule has 17 heavy (non-hydrogen) atoms. The lowest BCUT2D eigenvalue weighted by Gasteiger charge is -2.21. The van der Waals surface area contributed by atoms with Crippen molar-refractivity contribution in [3.8, 4) is 0 Å². The van der Waals surface area contributed by atoms with Crippen LogP contribution in [0, 0.1) is 11.8 Å². The molecule has 1 aromatic heterocycles. The Balaban J connectivity index is 1.84. The van der Waals surface area contributed by atoms with E-state index in [-0.39, 0.29) is 10.8 Å². The predicted molar refractivity (Wildman–Crippen MR) is 64.6 cm³/mol. The van der Waals surface area contributed by atoms with E-state index in [0.717, 1.165) is 18.6 Å². The fourth-order valence-corrected chi connectivity index (χ4v) is 4.18. The average Bonchev–Trinajstić information content (AvgIpc) is 2.89. The summed E-state index contributed by atoms with van der Waals surface area (Å²) in [5.41, 5.74) is 0.728. The second kappa shape index (κ2) is 4.18. The van der Waals surface area contributed by atoms with E-state index in [2.05, 4.69) is 15.1 Å². The molecule has 1 aromatic rings. The Morgan fingerprint density at radius 3 is 3.18 bits per heavy atom. The Bertz CT molecular complexity index is 513. The second-order valence-corrected chi connectivity index (χ2v) is 5.70. The van der Waals surface area contributed by atoms with Crippen molar-refractivity contribution in [2.75, 3.05) is 0 Å². The fraction of sp³-hybridized carbons (Fsp3) is 0.545. The van der Waals surface area contributed by atoms with Gasteiger partial charge in [0.25, 0.3) is 5.56 Å². The summed E-state index contributed by atoms with van der Waals surface area (Å²) in [5, 5.41) is 13.3. The lowest BCUT2D eigenvalue weighted by molar-refractivity contribution is 0.314. The van der Waals surface area contributed by atoms with Crippen molar-refractivity contribution in [3.05, 3.63) is 22.6 Å².